The number of hydrogen-bond donors (Lipinski definition) is 1. The van der Waals surface area contributed by atoms with Gasteiger partial charge < -0.3 is 14.6 Å². The molecule has 1 fully saturated rings. The molecular formula is C16H23ClN4O2S. The highest BCUT2D eigenvalue weighted by Gasteiger charge is 2.26. The van der Waals surface area contributed by atoms with Crippen molar-refractivity contribution in [2.75, 3.05) is 32.9 Å². The Kier molecular flexibility index (Phi) is 6.91. The molecule has 1 aliphatic rings. The minimum absolute atomic E-state index is 0. The minimum Gasteiger partial charge on any atom is -0.481 e. The van der Waals surface area contributed by atoms with Crippen LogP contribution in [0.15, 0.2) is 33.7 Å². The van der Waals surface area contributed by atoms with Crippen LogP contribution in [0.3, 0.4) is 0 Å². The molecular weight excluding hydrogens is 348 g/mol. The molecule has 6 nitrogen and oxygen atoms in total. The minimum atomic E-state index is -0.279. The fourth-order valence-electron chi connectivity index (χ4n) is 2.55. The van der Waals surface area contributed by atoms with Gasteiger partial charge in [-0.25, -0.2) is 0 Å². The van der Waals surface area contributed by atoms with E-state index in [1.165, 1.54) is 4.90 Å². The lowest BCUT2D eigenvalue weighted by Gasteiger charge is -2.30. The van der Waals surface area contributed by atoms with Crippen molar-refractivity contribution in [3.63, 3.8) is 0 Å². The van der Waals surface area contributed by atoms with E-state index < -0.39 is 0 Å². The van der Waals surface area contributed by atoms with Crippen LogP contribution < -0.4 is 10.1 Å². The van der Waals surface area contributed by atoms with Crippen LogP contribution in [0.1, 0.15) is 30.8 Å². The highest BCUT2D eigenvalue weighted by atomic mass is 35.5. The Hall–Kier alpha value is -1.28. The van der Waals surface area contributed by atoms with Crippen LogP contribution in [-0.4, -0.2) is 48.0 Å². The van der Waals surface area contributed by atoms with Gasteiger partial charge in [0.1, 0.15) is 5.75 Å². The van der Waals surface area contributed by atoms with Crippen LogP contribution in [0.25, 0.3) is 0 Å². The Morgan fingerprint density at radius 3 is 2.79 bits per heavy atom. The number of rotatable bonds is 5. The molecule has 24 heavy (non-hydrogen) atoms. The van der Waals surface area contributed by atoms with E-state index in [0.29, 0.717) is 11.7 Å². The zero-order valence-electron chi connectivity index (χ0n) is 14.1. The molecule has 1 N–H and O–H groups in total. The average molecular weight is 371 g/mol. The van der Waals surface area contributed by atoms with Crippen molar-refractivity contribution < 1.29 is 9.26 Å². The smallest absolute Gasteiger partial charge is 0.267 e. The second-order valence-electron chi connectivity index (χ2n) is 5.63. The first-order chi connectivity index (χ1) is 11.2. The van der Waals surface area contributed by atoms with Crippen molar-refractivity contribution in [2.45, 2.75) is 24.0 Å². The van der Waals surface area contributed by atoms with Crippen LogP contribution in [0, 0.1) is 0 Å². The summed E-state index contributed by atoms with van der Waals surface area (Å²) < 4.78 is 11.3. The highest BCUT2D eigenvalue weighted by molar-refractivity contribution is 7.98. The maximum Gasteiger partial charge on any atom is 0.267 e. The predicted molar refractivity (Wildman–Crippen MR) is 97.1 cm³/mol. The molecule has 1 aliphatic heterocycles. The lowest BCUT2D eigenvalue weighted by molar-refractivity contribution is 0.173. The number of piperazine rings is 1. The first-order valence-corrected chi connectivity index (χ1v) is 8.95. The lowest BCUT2D eigenvalue weighted by atomic mass is 10.2. The second kappa shape index (κ2) is 8.71. The number of benzene rings is 1. The number of ether oxygens (including phenoxy) is 1. The number of nitrogens with zero attached hydrogens (tertiary/aromatic N) is 3. The van der Waals surface area contributed by atoms with Crippen molar-refractivity contribution in [1.82, 2.24) is 20.4 Å². The van der Waals surface area contributed by atoms with Gasteiger partial charge in [0.05, 0.1) is 6.04 Å². The standard InChI is InChI=1S/C16H22N4O2S.ClH/c1-11(21-12-4-6-13(23-3)7-5-12)16-18-15(19-22-16)14-10-17-8-9-20(14)2;/h4-7,11,14,17H,8-10H2,1-3H3;1H. The zero-order chi connectivity index (χ0) is 16.2. The molecule has 2 atom stereocenters. The number of likely N-dealkylation sites (N-methyl/N-ethyl adjacent to an activating group) is 1. The molecule has 2 aromatic rings. The summed E-state index contributed by atoms with van der Waals surface area (Å²) in [5.74, 6) is 2.02. The maximum atomic E-state index is 5.89. The molecule has 0 bridgehead atoms. The molecule has 132 valence electrons. The quantitative estimate of drug-likeness (QED) is 0.812. The summed E-state index contributed by atoms with van der Waals surface area (Å²) in [6.45, 7) is 4.72. The van der Waals surface area contributed by atoms with E-state index in [4.69, 9.17) is 9.26 Å². The maximum absolute atomic E-state index is 5.89. The van der Waals surface area contributed by atoms with Gasteiger partial charge >= 0.3 is 0 Å². The third kappa shape index (κ3) is 4.42. The van der Waals surface area contributed by atoms with Crippen LogP contribution in [0.4, 0.5) is 0 Å². The molecule has 3 rings (SSSR count). The fourth-order valence-corrected chi connectivity index (χ4v) is 2.96. The van der Waals surface area contributed by atoms with E-state index >= 15 is 0 Å². The van der Waals surface area contributed by atoms with Crippen LogP contribution in [0.5, 0.6) is 5.75 Å². The van der Waals surface area contributed by atoms with Gasteiger partial charge in [-0.2, -0.15) is 4.98 Å². The SMILES string of the molecule is CSc1ccc(OC(C)c2nc(C3CNCCN3C)no2)cc1.Cl. The molecule has 1 aromatic carbocycles. The molecule has 1 saturated heterocycles. The van der Waals surface area contributed by atoms with Crippen molar-refractivity contribution in [1.29, 1.82) is 0 Å². The summed E-state index contributed by atoms with van der Waals surface area (Å²) in [5, 5.41) is 7.49. The first kappa shape index (κ1) is 19.1. The summed E-state index contributed by atoms with van der Waals surface area (Å²) >= 11 is 1.71. The Bertz CT molecular complexity index is 637. The second-order valence-corrected chi connectivity index (χ2v) is 6.51. The fraction of sp³-hybridized carbons (Fsp3) is 0.500. The van der Waals surface area contributed by atoms with E-state index in [9.17, 15) is 0 Å². The molecule has 0 aliphatic carbocycles. The van der Waals surface area contributed by atoms with Crippen molar-refractivity contribution in [2.24, 2.45) is 0 Å². The summed E-state index contributed by atoms with van der Waals surface area (Å²) in [5.41, 5.74) is 0. The predicted octanol–water partition coefficient (Wildman–Crippen LogP) is 2.93. The number of thioether (sulfide) groups is 1. The number of nitrogens with one attached hydrogen (secondary N) is 1. The Morgan fingerprint density at radius 2 is 2.12 bits per heavy atom. The molecule has 2 heterocycles. The Morgan fingerprint density at radius 1 is 1.38 bits per heavy atom. The average Bonchev–Trinajstić information content (AvgIpc) is 3.06. The number of hydrogen-bond acceptors (Lipinski definition) is 7. The monoisotopic (exact) mass is 370 g/mol. The zero-order valence-corrected chi connectivity index (χ0v) is 15.7. The third-order valence-corrected chi connectivity index (χ3v) is 4.73. The van der Waals surface area contributed by atoms with Crippen molar-refractivity contribution in [3.05, 3.63) is 36.0 Å². The highest BCUT2D eigenvalue weighted by Crippen LogP contribution is 2.25. The van der Waals surface area contributed by atoms with Crippen LogP contribution in [0.2, 0.25) is 0 Å². The molecule has 2 unspecified atom stereocenters. The molecule has 8 heteroatoms. The van der Waals surface area contributed by atoms with Gasteiger partial charge in [0, 0.05) is 24.5 Å². The van der Waals surface area contributed by atoms with Gasteiger partial charge in [-0.15, -0.1) is 24.2 Å². The largest absolute Gasteiger partial charge is 0.481 e. The van der Waals surface area contributed by atoms with Gasteiger partial charge in [-0.1, -0.05) is 5.16 Å². The van der Waals surface area contributed by atoms with E-state index in [2.05, 4.69) is 33.7 Å². The van der Waals surface area contributed by atoms with Gasteiger partial charge in [0.2, 0.25) is 0 Å². The number of aromatic nitrogens is 2. The van der Waals surface area contributed by atoms with Gasteiger partial charge in [-0.3, -0.25) is 4.90 Å². The summed E-state index contributed by atoms with van der Waals surface area (Å²) in [6.07, 6.45) is 1.77. The number of halogens is 1. The Labute approximate surface area is 152 Å². The van der Waals surface area contributed by atoms with E-state index in [0.717, 1.165) is 25.4 Å². The molecule has 0 radical (unpaired) electrons. The molecule has 0 amide bonds. The van der Waals surface area contributed by atoms with Crippen molar-refractivity contribution in [3.8, 4) is 5.75 Å². The molecule has 1 aromatic heterocycles. The topological polar surface area (TPSA) is 63.4 Å². The first-order valence-electron chi connectivity index (χ1n) is 7.72. The van der Waals surface area contributed by atoms with Gasteiger partial charge in [-0.05, 0) is 44.5 Å². The van der Waals surface area contributed by atoms with Crippen LogP contribution in [-0.2, 0) is 0 Å². The summed E-state index contributed by atoms with van der Waals surface area (Å²) in [7, 11) is 2.08. The lowest BCUT2D eigenvalue weighted by Crippen LogP contribution is -2.44. The van der Waals surface area contributed by atoms with Crippen LogP contribution >= 0.6 is 24.2 Å². The van der Waals surface area contributed by atoms with Gasteiger partial charge in [0.15, 0.2) is 11.9 Å². The van der Waals surface area contributed by atoms with E-state index in [1.807, 2.05) is 31.2 Å². The van der Waals surface area contributed by atoms with Crippen molar-refractivity contribution >= 4 is 24.2 Å². The van der Waals surface area contributed by atoms with Gasteiger partial charge in [0.25, 0.3) is 5.89 Å². The summed E-state index contributed by atoms with van der Waals surface area (Å²) in [4.78, 5) is 7.97. The van der Waals surface area contributed by atoms with E-state index in [1.54, 1.807) is 11.8 Å². The normalized spacial score (nSPS) is 19.5. The molecule has 0 spiro atoms. The third-order valence-electron chi connectivity index (χ3n) is 3.99. The van der Waals surface area contributed by atoms with E-state index in [-0.39, 0.29) is 24.6 Å². The molecule has 0 saturated carbocycles. The summed E-state index contributed by atoms with van der Waals surface area (Å²) in [6, 6.07) is 8.13. The Balaban J connectivity index is 0.00000208.